The van der Waals surface area contributed by atoms with Crippen molar-refractivity contribution in [2.24, 2.45) is 0 Å². The molecule has 0 heterocycles. The summed E-state index contributed by atoms with van der Waals surface area (Å²) in [5, 5.41) is 3.12. The Labute approximate surface area is 99.0 Å². The van der Waals surface area contributed by atoms with Crippen LogP contribution in [0.3, 0.4) is 0 Å². The maximum atomic E-state index is 11.4. The van der Waals surface area contributed by atoms with Crippen molar-refractivity contribution in [3.05, 3.63) is 0 Å². The van der Waals surface area contributed by atoms with Crippen molar-refractivity contribution >= 4 is 10.0 Å². The van der Waals surface area contributed by atoms with E-state index in [4.69, 9.17) is 4.74 Å². The van der Waals surface area contributed by atoms with Gasteiger partial charge in [0.05, 0.1) is 18.5 Å². The van der Waals surface area contributed by atoms with Crippen molar-refractivity contribution in [2.75, 3.05) is 32.0 Å². The predicted octanol–water partition coefficient (Wildman–Crippen LogP) is 0.330. The molecular formula is C10H24N2O3S. The zero-order chi connectivity index (χ0) is 12.4. The summed E-state index contributed by atoms with van der Waals surface area (Å²) in [6.07, 6.45) is 1.12. The number of hydrogen-bond acceptors (Lipinski definition) is 4. The maximum absolute atomic E-state index is 11.4. The molecule has 0 rings (SSSR count). The zero-order valence-corrected chi connectivity index (χ0v) is 11.3. The SMILES string of the molecule is CCCNCCNS(=O)(=O)CCOC(C)C. The highest BCUT2D eigenvalue weighted by molar-refractivity contribution is 7.89. The minimum absolute atomic E-state index is 0.0267. The van der Waals surface area contributed by atoms with Crippen LogP contribution < -0.4 is 10.0 Å². The van der Waals surface area contributed by atoms with Gasteiger partial charge in [0.1, 0.15) is 0 Å². The molecule has 0 saturated carbocycles. The van der Waals surface area contributed by atoms with E-state index >= 15 is 0 Å². The zero-order valence-electron chi connectivity index (χ0n) is 10.5. The van der Waals surface area contributed by atoms with E-state index < -0.39 is 10.0 Å². The maximum Gasteiger partial charge on any atom is 0.213 e. The molecule has 0 atom stereocenters. The standard InChI is InChI=1S/C10H24N2O3S/c1-4-5-11-6-7-12-16(13,14)9-8-15-10(2)3/h10-12H,4-9H2,1-3H3. The Balaban J connectivity index is 3.55. The van der Waals surface area contributed by atoms with E-state index in [1.165, 1.54) is 0 Å². The molecule has 5 nitrogen and oxygen atoms in total. The van der Waals surface area contributed by atoms with Gasteiger partial charge in [-0.05, 0) is 26.8 Å². The van der Waals surface area contributed by atoms with Crippen LogP contribution in [-0.4, -0.2) is 46.5 Å². The third kappa shape index (κ3) is 10.4. The first-order valence-corrected chi connectivity index (χ1v) is 7.43. The molecule has 16 heavy (non-hydrogen) atoms. The van der Waals surface area contributed by atoms with Crippen LogP contribution in [0.25, 0.3) is 0 Å². The Morgan fingerprint density at radius 1 is 1.19 bits per heavy atom. The predicted molar refractivity (Wildman–Crippen MR) is 66.0 cm³/mol. The van der Waals surface area contributed by atoms with Crippen LogP contribution in [0.4, 0.5) is 0 Å². The fourth-order valence-corrected chi connectivity index (χ4v) is 1.94. The van der Waals surface area contributed by atoms with Gasteiger partial charge in [0.2, 0.25) is 10.0 Å². The van der Waals surface area contributed by atoms with Gasteiger partial charge in [0, 0.05) is 13.1 Å². The molecule has 0 aromatic carbocycles. The first kappa shape index (κ1) is 15.8. The van der Waals surface area contributed by atoms with Gasteiger partial charge in [-0.2, -0.15) is 0 Å². The molecular weight excluding hydrogens is 228 g/mol. The summed E-state index contributed by atoms with van der Waals surface area (Å²) >= 11 is 0. The molecule has 2 N–H and O–H groups in total. The Morgan fingerprint density at radius 2 is 1.88 bits per heavy atom. The number of hydrogen-bond donors (Lipinski definition) is 2. The Bertz CT molecular complexity index is 253. The van der Waals surface area contributed by atoms with E-state index in [0.29, 0.717) is 13.1 Å². The van der Waals surface area contributed by atoms with Crippen molar-refractivity contribution in [3.63, 3.8) is 0 Å². The van der Waals surface area contributed by atoms with Crippen molar-refractivity contribution in [1.29, 1.82) is 0 Å². The highest BCUT2D eigenvalue weighted by Gasteiger charge is 2.09. The lowest BCUT2D eigenvalue weighted by atomic mass is 10.5. The van der Waals surface area contributed by atoms with Gasteiger partial charge in [-0.15, -0.1) is 0 Å². The third-order valence-corrected chi connectivity index (χ3v) is 3.20. The van der Waals surface area contributed by atoms with Crippen molar-refractivity contribution in [1.82, 2.24) is 10.0 Å². The van der Waals surface area contributed by atoms with Gasteiger partial charge < -0.3 is 10.1 Å². The summed E-state index contributed by atoms with van der Waals surface area (Å²) in [5.74, 6) is 0.0267. The topological polar surface area (TPSA) is 67.4 Å². The van der Waals surface area contributed by atoms with Crippen molar-refractivity contribution in [3.8, 4) is 0 Å². The summed E-state index contributed by atoms with van der Waals surface area (Å²) in [6.45, 7) is 8.10. The first-order valence-electron chi connectivity index (χ1n) is 5.77. The van der Waals surface area contributed by atoms with Gasteiger partial charge in [-0.25, -0.2) is 13.1 Å². The molecule has 98 valence electrons. The fourth-order valence-electron chi connectivity index (χ4n) is 1.06. The summed E-state index contributed by atoms with van der Waals surface area (Å²) < 4.78 is 30.6. The normalized spacial score (nSPS) is 12.2. The molecule has 0 aliphatic carbocycles. The smallest absolute Gasteiger partial charge is 0.213 e. The Morgan fingerprint density at radius 3 is 2.44 bits per heavy atom. The minimum atomic E-state index is -3.18. The monoisotopic (exact) mass is 252 g/mol. The van der Waals surface area contributed by atoms with Gasteiger partial charge in [0.25, 0.3) is 0 Å². The van der Waals surface area contributed by atoms with Gasteiger partial charge >= 0.3 is 0 Å². The second-order valence-electron chi connectivity index (χ2n) is 3.88. The summed E-state index contributed by atoms with van der Waals surface area (Å²) in [4.78, 5) is 0. The molecule has 0 aliphatic rings. The van der Waals surface area contributed by atoms with Crippen LogP contribution in [-0.2, 0) is 14.8 Å². The van der Waals surface area contributed by atoms with Gasteiger partial charge in [-0.3, -0.25) is 0 Å². The van der Waals surface area contributed by atoms with Gasteiger partial charge in [0.15, 0.2) is 0 Å². The molecule has 0 aromatic heterocycles. The van der Waals surface area contributed by atoms with Crippen molar-refractivity contribution in [2.45, 2.75) is 33.3 Å². The van der Waals surface area contributed by atoms with Crippen molar-refractivity contribution < 1.29 is 13.2 Å². The van der Waals surface area contributed by atoms with Crippen LogP contribution in [0.2, 0.25) is 0 Å². The van der Waals surface area contributed by atoms with Crippen LogP contribution >= 0.6 is 0 Å². The molecule has 0 bridgehead atoms. The minimum Gasteiger partial charge on any atom is -0.378 e. The summed E-state index contributed by atoms with van der Waals surface area (Å²) in [6, 6.07) is 0. The highest BCUT2D eigenvalue weighted by Crippen LogP contribution is 1.90. The lowest BCUT2D eigenvalue weighted by molar-refractivity contribution is 0.0911. The second-order valence-corrected chi connectivity index (χ2v) is 5.81. The van der Waals surface area contributed by atoms with E-state index in [2.05, 4.69) is 17.0 Å². The molecule has 6 heteroatoms. The highest BCUT2D eigenvalue weighted by atomic mass is 32.2. The lowest BCUT2D eigenvalue weighted by Gasteiger charge is -2.09. The van der Waals surface area contributed by atoms with E-state index in [9.17, 15) is 8.42 Å². The second kappa shape index (κ2) is 8.92. The number of sulfonamides is 1. The number of nitrogens with one attached hydrogen (secondary N) is 2. The average Bonchev–Trinajstić information content (AvgIpc) is 2.16. The van der Waals surface area contributed by atoms with Gasteiger partial charge in [-0.1, -0.05) is 6.92 Å². The number of rotatable bonds is 10. The van der Waals surface area contributed by atoms with Crippen LogP contribution in [0.15, 0.2) is 0 Å². The van der Waals surface area contributed by atoms with Crippen LogP contribution in [0.1, 0.15) is 27.2 Å². The summed E-state index contributed by atoms with van der Waals surface area (Å²) in [5.41, 5.74) is 0. The fraction of sp³-hybridized carbons (Fsp3) is 1.00. The largest absolute Gasteiger partial charge is 0.378 e. The molecule has 0 radical (unpaired) electrons. The summed E-state index contributed by atoms with van der Waals surface area (Å²) in [7, 11) is -3.18. The Hall–Kier alpha value is -0.170. The molecule has 0 amide bonds. The van der Waals surface area contributed by atoms with E-state index in [-0.39, 0.29) is 18.5 Å². The first-order chi connectivity index (χ1) is 7.48. The van der Waals surface area contributed by atoms with Crippen LogP contribution in [0.5, 0.6) is 0 Å². The van der Waals surface area contributed by atoms with E-state index in [1.54, 1.807) is 0 Å². The molecule has 0 aromatic rings. The third-order valence-electron chi connectivity index (χ3n) is 1.85. The lowest BCUT2D eigenvalue weighted by Crippen LogP contribution is -2.34. The van der Waals surface area contributed by atoms with Crippen LogP contribution in [0, 0.1) is 0 Å². The molecule has 0 fully saturated rings. The quantitative estimate of drug-likeness (QED) is 0.550. The average molecular weight is 252 g/mol. The van der Waals surface area contributed by atoms with E-state index in [1.807, 2.05) is 13.8 Å². The molecule has 0 unspecified atom stereocenters. The molecule has 0 saturated heterocycles. The molecule has 0 aliphatic heterocycles. The van der Waals surface area contributed by atoms with E-state index in [0.717, 1.165) is 13.0 Å². The Kier molecular flexibility index (Phi) is 8.83. The molecule has 0 spiro atoms. The number of ether oxygens (including phenoxy) is 1.